The van der Waals surface area contributed by atoms with Crippen molar-refractivity contribution in [3.63, 3.8) is 0 Å². The van der Waals surface area contributed by atoms with Crippen LogP contribution in [0, 0.1) is 18.3 Å². The molecule has 0 fully saturated rings. The molecular formula is C22H25N5O2S. The lowest BCUT2D eigenvalue weighted by Crippen LogP contribution is -2.16. The molecule has 0 saturated carbocycles. The van der Waals surface area contributed by atoms with Crippen molar-refractivity contribution in [2.45, 2.75) is 38.5 Å². The second kappa shape index (κ2) is 10.0. The van der Waals surface area contributed by atoms with Gasteiger partial charge in [0.15, 0.2) is 5.82 Å². The minimum atomic E-state index is 0.245. The maximum absolute atomic E-state index is 8.82. The summed E-state index contributed by atoms with van der Waals surface area (Å²) in [6, 6.07) is 15.3. The zero-order valence-electron chi connectivity index (χ0n) is 17.3. The van der Waals surface area contributed by atoms with E-state index < -0.39 is 0 Å². The van der Waals surface area contributed by atoms with Gasteiger partial charge in [-0.25, -0.2) is 4.68 Å². The van der Waals surface area contributed by atoms with Crippen molar-refractivity contribution in [3.05, 3.63) is 65.0 Å². The van der Waals surface area contributed by atoms with Gasteiger partial charge in [-0.15, -0.1) is 10.2 Å². The van der Waals surface area contributed by atoms with E-state index in [1.54, 1.807) is 24.3 Å². The molecule has 8 heteroatoms. The van der Waals surface area contributed by atoms with Gasteiger partial charge >= 0.3 is 0 Å². The van der Waals surface area contributed by atoms with Crippen LogP contribution in [-0.4, -0.2) is 27.2 Å². The fourth-order valence-corrected chi connectivity index (χ4v) is 3.50. The second-order valence-corrected chi connectivity index (χ2v) is 8.15. The summed E-state index contributed by atoms with van der Waals surface area (Å²) in [6.45, 7) is 7.04. The standard InChI is InChI=1S/C22H25N5O2S/c1-15(2)19-9-4-16(3)12-20(19)29-14-21-25-26-22(27(21)24)30-11-10-28-18-7-5-17(13-23)6-8-18/h4-9,12,15H,10-11,14,24H2,1-3H3. The van der Waals surface area contributed by atoms with Crippen LogP contribution in [0.4, 0.5) is 0 Å². The van der Waals surface area contributed by atoms with Crippen molar-refractivity contribution in [2.24, 2.45) is 0 Å². The minimum absolute atomic E-state index is 0.245. The Bertz CT molecular complexity index is 1020. The number of nitriles is 1. The molecule has 30 heavy (non-hydrogen) atoms. The Kier molecular flexibility index (Phi) is 7.20. The number of ether oxygens (including phenoxy) is 2. The molecule has 7 nitrogen and oxygen atoms in total. The average Bonchev–Trinajstić information content (AvgIpc) is 3.09. The maximum atomic E-state index is 8.82. The molecule has 0 aliphatic carbocycles. The van der Waals surface area contributed by atoms with Gasteiger partial charge in [0.1, 0.15) is 18.1 Å². The van der Waals surface area contributed by atoms with Crippen molar-refractivity contribution in [1.82, 2.24) is 14.9 Å². The lowest BCUT2D eigenvalue weighted by molar-refractivity contribution is 0.287. The molecule has 0 amide bonds. The van der Waals surface area contributed by atoms with Gasteiger partial charge in [0.05, 0.1) is 18.2 Å². The van der Waals surface area contributed by atoms with Crippen LogP contribution in [0.2, 0.25) is 0 Å². The lowest BCUT2D eigenvalue weighted by atomic mass is 10.0. The van der Waals surface area contributed by atoms with Crippen LogP contribution < -0.4 is 15.3 Å². The summed E-state index contributed by atoms with van der Waals surface area (Å²) >= 11 is 1.46. The number of hydrogen-bond acceptors (Lipinski definition) is 7. The summed E-state index contributed by atoms with van der Waals surface area (Å²) in [5.74, 6) is 9.28. The van der Waals surface area contributed by atoms with Gasteiger partial charge in [-0.2, -0.15) is 5.26 Å². The quantitative estimate of drug-likeness (QED) is 0.315. The fourth-order valence-electron chi connectivity index (χ4n) is 2.81. The third-order valence-corrected chi connectivity index (χ3v) is 5.36. The van der Waals surface area contributed by atoms with E-state index >= 15 is 0 Å². The number of aromatic nitrogens is 3. The van der Waals surface area contributed by atoms with Crippen molar-refractivity contribution in [2.75, 3.05) is 18.2 Å². The molecule has 3 rings (SSSR count). The maximum Gasteiger partial charge on any atom is 0.210 e. The highest BCUT2D eigenvalue weighted by Crippen LogP contribution is 2.28. The third-order valence-electron chi connectivity index (χ3n) is 4.45. The Labute approximate surface area is 180 Å². The number of nitrogen functional groups attached to an aromatic ring is 1. The third kappa shape index (κ3) is 5.45. The van der Waals surface area contributed by atoms with E-state index in [4.69, 9.17) is 20.6 Å². The summed E-state index contributed by atoms with van der Waals surface area (Å²) in [7, 11) is 0. The molecule has 0 unspecified atom stereocenters. The number of nitrogens with two attached hydrogens (primary N) is 1. The van der Waals surface area contributed by atoms with Gasteiger partial charge in [0.25, 0.3) is 0 Å². The van der Waals surface area contributed by atoms with E-state index in [0.717, 1.165) is 22.6 Å². The van der Waals surface area contributed by atoms with Crippen LogP contribution in [-0.2, 0) is 6.61 Å². The summed E-state index contributed by atoms with van der Waals surface area (Å²) in [5.41, 5.74) is 2.90. The summed E-state index contributed by atoms with van der Waals surface area (Å²) in [6.07, 6.45) is 0. The molecule has 2 aromatic carbocycles. The Balaban J connectivity index is 1.52. The predicted molar refractivity (Wildman–Crippen MR) is 117 cm³/mol. The smallest absolute Gasteiger partial charge is 0.210 e. The molecule has 0 aliphatic heterocycles. The Morgan fingerprint density at radius 2 is 1.90 bits per heavy atom. The largest absolute Gasteiger partial charge is 0.493 e. The van der Waals surface area contributed by atoms with Crippen molar-refractivity contribution in [3.8, 4) is 17.6 Å². The highest BCUT2D eigenvalue weighted by Gasteiger charge is 2.13. The first kappa shape index (κ1) is 21.5. The molecule has 3 aromatic rings. The first-order valence-corrected chi connectivity index (χ1v) is 10.6. The Morgan fingerprint density at radius 1 is 1.13 bits per heavy atom. The van der Waals surface area contributed by atoms with Crippen LogP contribution in [0.15, 0.2) is 47.6 Å². The van der Waals surface area contributed by atoms with Crippen LogP contribution in [0.25, 0.3) is 0 Å². The first-order chi connectivity index (χ1) is 14.5. The van der Waals surface area contributed by atoms with E-state index in [2.05, 4.69) is 42.2 Å². The van der Waals surface area contributed by atoms with E-state index in [9.17, 15) is 0 Å². The van der Waals surface area contributed by atoms with Gasteiger partial charge in [-0.3, -0.25) is 0 Å². The molecule has 0 aliphatic rings. The van der Waals surface area contributed by atoms with Gasteiger partial charge in [-0.05, 0) is 54.3 Å². The summed E-state index contributed by atoms with van der Waals surface area (Å²) in [5, 5.41) is 17.7. The molecule has 0 atom stereocenters. The number of benzene rings is 2. The first-order valence-electron chi connectivity index (χ1n) is 9.66. The Hall–Kier alpha value is -3.18. The van der Waals surface area contributed by atoms with Crippen LogP contribution in [0.5, 0.6) is 11.5 Å². The Morgan fingerprint density at radius 3 is 2.60 bits per heavy atom. The summed E-state index contributed by atoms with van der Waals surface area (Å²) < 4.78 is 13.1. The molecule has 1 heterocycles. The average molecular weight is 424 g/mol. The zero-order chi connectivity index (χ0) is 21.5. The van der Waals surface area contributed by atoms with Crippen LogP contribution in [0.1, 0.15) is 42.3 Å². The zero-order valence-corrected chi connectivity index (χ0v) is 18.1. The second-order valence-electron chi connectivity index (χ2n) is 7.09. The molecule has 2 N–H and O–H groups in total. The molecule has 0 bridgehead atoms. The SMILES string of the molecule is Cc1ccc(C(C)C)c(OCc2nnc(SCCOc3ccc(C#N)cc3)n2N)c1. The minimum Gasteiger partial charge on any atom is -0.493 e. The monoisotopic (exact) mass is 423 g/mol. The van der Waals surface area contributed by atoms with E-state index in [0.29, 0.717) is 34.8 Å². The predicted octanol–water partition coefficient (Wildman–Crippen LogP) is 4.05. The lowest BCUT2D eigenvalue weighted by Gasteiger charge is -2.14. The molecule has 1 aromatic heterocycles. The van der Waals surface area contributed by atoms with Crippen molar-refractivity contribution >= 4 is 11.8 Å². The van der Waals surface area contributed by atoms with E-state index in [-0.39, 0.29) is 6.61 Å². The van der Waals surface area contributed by atoms with Gasteiger partial charge in [0, 0.05) is 5.75 Å². The van der Waals surface area contributed by atoms with Gasteiger partial charge < -0.3 is 15.3 Å². The van der Waals surface area contributed by atoms with Crippen molar-refractivity contribution in [1.29, 1.82) is 5.26 Å². The molecule has 0 saturated heterocycles. The van der Waals surface area contributed by atoms with E-state index in [1.807, 2.05) is 13.0 Å². The number of nitrogens with zero attached hydrogens (tertiary/aromatic N) is 4. The topological polar surface area (TPSA) is 99.0 Å². The molecule has 0 spiro atoms. The van der Waals surface area contributed by atoms with Crippen LogP contribution in [0.3, 0.4) is 0 Å². The van der Waals surface area contributed by atoms with Gasteiger partial charge in [-0.1, -0.05) is 37.7 Å². The number of thioether (sulfide) groups is 1. The summed E-state index contributed by atoms with van der Waals surface area (Å²) in [4.78, 5) is 0. The van der Waals surface area contributed by atoms with Gasteiger partial charge in [0.2, 0.25) is 5.16 Å². The molecular weight excluding hydrogens is 398 g/mol. The van der Waals surface area contributed by atoms with Crippen molar-refractivity contribution < 1.29 is 9.47 Å². The number of hydrogen-bond donors (Lipinski definition) is 1. The number of rotatable bonds is 9. The molecule has 156 valence electrons. The fraction of sp³-hybridized carbons (Fsp3) is 0.318. The van der Waals surface area contributed by atoms with E-state index in [1.165, 1.54) is 16.4 Å². The highest BCUT2D eigenvalue weighted by molar-refractivity contribution is 7.99. The van der Waals surface area contributed by atoms with Crippen LogP contribution >= 0.6 is 11.8 Å². The number of aryl methyl sites for hydroxylation is 1. The highest BCUT2D eigenvalue weighted by atomic mass is 32.2. The normalized spacial score (nSPS) is 10.8. The molecule has 0 radical (unpaired) electrons.